The fraction of sp³-hybridized carbons (Fsp3) is 0.0769. The van der Waals surface area contributed by atoms with Crippen LogP contribution in [0.4, 0.5) is 5.69 Å². The molecule has 1 N–H and O–H groups in total. The lowest BCUT2D eigenvalue weighted by molar-refractivity contribution is 0.415. The number of nitrogens with zero attached hydrogens (tertiary/aromatic N) is 4. The average Bonchev–Trinajstić information content (AvgIpc) is 2.48. The third-order valence-electron chi connectivity index (χ3n) is 2.28. The van der Waals surface area contributed by atoms with Gasteiger partial charge in [0.1, 0.15) is 40.7 Å². The van der Waals surface area contributed by atoms with Crippen LogP contribution < -0.4 is 10.1 Å². The molecule has 0 saturated heterocycles. The summed E-state index contributed by atoms with van der Waals surface area (Å²) < 4.78 is 5.00. The first-order valence-electron chi connectivity index (χ1n) is 5.11. The molecule has 0 heterocycles. The predicted octanol–water partition coefficient (Wildman–Crippen LogP) is 2.46. The van der Waals surface area contributed by atoms with Gasteiger partial charge in [0, 0.05) is 0 Å². The lowest BCUT2D eigenvalue weighted by atomic mass is 10.1. The third-order valence-corrected chi connectivity index (χ3v) is 2.66. The second-order valence-electron chi connectivity index (χ2n) is 3.33. The van der Waals surface area contributed by atoms with Crippen LogP contribution in [0.15, 0.2) is 23.4 Å². The summed E-state index contributed by atoms with van der Waals surface area (Å²) in [5, 5.41) is 38.1. The monoisotopic (exact) mass is 283 g/mol. The molecule has 1 rings (SSSR count). The topological polar surface area (TPSA) is 116 Å². The normalized spacial score (nSPS) is 8.30. The Labute approximate surface area is 120 Å². The van der Waals surface area contributed by atoms with Crippen molar-refractivity contribution in [2.75, 3.05) is 12.4 Å². The van der Waals surface area contributed by atoms with Gasteiger partial charge in [-0.25, -0.2) is 0 Å². The average molecular weight is 284 g/mol. The largest absolute Gasteiger partial charge is 0.495 e. The summed E-state index contributed by atoms with van der Waals surface area (Å²) in [6, 6.07) is 9.69. The molecule has 6 nitrogen and oxygen atoms in total. The summed E-state index contributed by atoms with van der Waals surface area (Å²) in [4.78, 5) is 0. The molecule has 0 bridgehead atoms. The number of hydrogen-bond acceptors (Lipinski definition) is 6. The Morgan fingerprint density at radius 1 is 1.15 bits per heavy atom. The van der Waals surface area contributed by atoms with Crippen molar-refractivity contribution in [2.24, 2.45) is 0 Å². The van der Waals surface area contributed by atoms with Crippen LogP contribution in [-0.4, -0.2) is 7.11 Å². The quantitative estimate of drug-likeness (QED) is 0.852. The van der Waals surface area contributed by atoms with E-state index in [1.54, 1.807) is 18.2 Å². The Hall–Kier alpha value is -3.19. The van der Waals surface area contributed by atoms with Crippen LogP contribution in [0.2, 0.25) is 5.02 Å². The lowest BCUT2D eigenvalue weighted by Crippen LogP contribution is -2.04. The van der Waals surface area contributed by atoms with Gasteiger partial charge in [0.2, 0.25) is 0 Å². The van der Waals surface area contributed by atoms with Gasteiger partial charge in [-0.05, 0) is 12.1 Å². The summed E-state index contributed by atoms with van der Waals surface area (Å²) in [7, 11) is 1.40. The predicted molar refractivity (Wildman–Crippen MR) is 70.2 cm³/mol. The molecule has 0 aliphatic rings. The second kappa shape index (κ2) is 6.66. The van der Waals surface area contributed by atoms with Gasteiger partial charge >= 0.3 is 0 Å². The van der Waals surface area contributed by atoms with E-state index in [0.717, 1.165) is 0 Å². The molecular weight excluding hydrogens is 278 g/mol. The van der Waals surface area contributed by atoms with Crippen molar-refractivity contribution >= 4 is 17.3 Å². The maximum atomic E-state index is 9.03. The molecule has 0 aromatic heterocycles. The van der Waals surface area contributed by atoms with E-state index in [4.69, 9.17) is 37.4 Å². The minimum absolute atomic E-state index is 0.0783. The van der Waals surface area contributed by atoms with Crippen LogP contribution in [0.1, 0.15) is 5.56 Å². The Kier molecular flexibility index (Phi) is 4.96. The van der Waals surface area contributed by atoms with Gasteiger partial charge in [0.25, 0.3) is 0 Å². The zero-order valence-corrected chi connectivity index (χ0v) is 11.0. The minimum Gasteiger partial charge on any atom is -0.495 e. The van der Waals surface area contributed by atoms with Gasteiger partial charge in [0.15, 0.2) is 5.57 Å². The van der Waals surface area contributed by atoms with E-state index in [1.165, 1.54) is 19.2 Å². The fourth-order valence-electron chi connectivity index (χ4n) is 1.34. The summed E-state index contributed by atoms with van der Waals surface area (Å²) in [5.41, 5.74) is -0.441. The van der Waals surface area contributed by atoms with Crippen molar-refractivity contribution < 1.29 is 4.74 Å². The molecule has 1 aromatic rings. The number of allylic oxidation sites excluding steroid dienone is 2. The Morgan fingerprint density at radius 2 is 1.80 bits per heavy atom. The fourth-order valence-corrected chi connectivity index (χ4v) is 1.63. The summed E-state index contributed by atoms with van der Waals surface area (Å²) in [6.45, 7) is 0. The van der Waals surface area contributed by atoms with Crippen LogP contribution >= 0.6 is 11.6 Å². The van der Waals surface area contributed by atoms with Crippen molar-refractivity contribution in [3.05, 3.63) is 34.0 Å². The third kappa shape index (κ3) is 2.79. The molecule has 20 heavy (non-hydrogen) atoms. The van der Waals surface area contributed by atoms with Crippen molar-refractivity contribution in [3.8, 4) is 30.0 Å². The number of methoxy groups -OCH3 is 1. The SMILES string of the molecule is COc1ccc(C#N)c(NC(C#N)=C(C#N)C#N)c1Cl. The number of nitriles is 4. The highest BCUT2D eigenvalue weighted by atomic mass is 35.5. The standard InChI is InChI=1S/C13H6ClN5O/c1-20-11-3-2-8(4-15)13(12(11)14)19-10(7-18)9(5-16)6-17/h2-3,19H,1H3. The number of halogens is 1. The number of hydrogen-bond donors (Lipinski definition) is 1. The van der Waals surface area contributed by atoms with E-state index in [1.807, 2.05) is 6.07 Å². The number of nitrogens with one attached hydrogen (secondary N) is 1. The van der Waals surface area contributed by atoms with Gasteiger partial charge in [-0.1, -0.05) is 11.6 Å². The van der Waals surface area contributed by atoms with E-state index in [-0.39, 0.29) is 22.0 Å². The molecule has 7 heteroatoms. The molecule has 0 atom stereocenters. The molecule has 0 aliphatic heterocycles. The molecule has 0 radical (unpaired) electrons. The van der Waals surface area contributed by atoms with Crippen LogP contribution in [0, 0.1) is 45.3 Å². The Morgan fingerprint density at radius 3 is 2.25 bits per heavy atom. The smallest absolute Gasteiger partial charge is 0.163 e. The van der Waals surface area contributed by atoms with Crippen LogP contribution in [0.5, 0.6) is 5.75 Å². The summed E-state index contributed by atoms with van der Waals surface area (Å²) in [6.07, 6.45) is 0. The number of anilines is 1. The maximum Gasteiger partial charge on any atom is 0.163 e. The molecule has 0 unspecified atom stereocenters. The molecule has 0 spiro atoms. The van der Waals surface area contributed by atoms with Gasteiger partial charge in [-0.3, -0.25) is 0 Å². The number of rotatable bonds is 3. The van der Waals surface area contributed by atoms with Gasteiger partial charge < -0.3 is 10.1 Å². The van der Waals surface area contributed by atoms with Crippen molar-refractivity contribution in [3.63, 3.8) is 0 Å². The highest BCUT2D eigenvalue weighted by Crippen LogP contribution is 2.35. The van der Waals surface area contributed by atoms with Crippen molar-refractivity contribution in [1.29, 1.82) is 21.0 Å². The highest BCUT2D eigenvalue weighted by Gasteiger charge is 2.15. The zero-order chi connectivity index (χ0) is 15.1. The van der Waals surface area contributed by atoms with E-state index < -0.39 is 5.57 Å². The molecule has 1 aromatic carbocycles. The highest BCUT2D eigenvalue weighted by molar-refractivity contribution is 6.35. The lowest BCUT2D eigenvalue weighted by Gasteiger charge is -2.12. The number of ether oxygens (including phenoxy) is 1. The molecule has 96 valence electrons. The summed E-state index contributed by atoms with van der Waals surface area (Å²) in [5.74, 6) is 0.293. The van der Waals surface area contributed by atoms with Crippen LogP contribution in [0.3, 0.4) is 0 Å². The van der Waals surface area contributed by atoms with Crippen LogP contribution in [0.25, 0.3) is 0 Å². The van der Waals surface area contributed by atoms with E-state index in [0.29, 0.717) is 5.75 Å². The van der Waals surface area contributed by atoms with Crippen molar-refractivity contribution in [1.82, 2.24) is 0 Å². The van der Waals surface area contributed by atoms with E-state index in [2.05, 4.69) is 5.32 Å². The van der Waals surface area contributed by atoms with Gasteiger partial charge in [0.05, 0.1) is 18.4 Å². The first kappa shape index (κ1) is 14.9. The van der Waals surface area contributed by atoms with E-state index in [9.17, 15) is 0 Å². The molecular formula is C13H6ClN5O. The van der Waals surface area contributed by atoms with Crippen LogP contribution in [-0.2, 0) is 0 Å². The first-order valence-corrected chi connectivity index (χ1v) is 5.48. The summed E-state index contributed by atoms with van der Waals surface area (Å²) >= 11 is 6.05. The maximum absolute atomic E-state index is 9.03. The zero-order valence-electron chi connectivity index (χ0n) is 10.2. The first-order chi connectivity index (χ1) is 9.62. The molecule has 0 fully saturated rings. The number of benzene rings is 1. The Bertz CT molecular complexity index is 724. The second-order valence-corrected chi connectivity index (χ2v) is 3.70. The molecule has 0 aliphatic carbocycles. The minimum atomic E-state index is -0.407. The van der Waals surface area contributed by atoms with E-state index >= 15 is 0 Å². The molecule has 0 amide bonds. The Balaban J connectivity index is 3.47. The van der Waals surface area contributed by atoms with Gasteiger partial charge in [-0.15, -0.1) is 0 Å². The van der Waals surface area contributed by atoms with Gasteiger partial charge in [-0.2, -0.15) is 21.0 Å². The van der Waals surface area contributed by atoms with Crippen molar-refractivity contribution in [2.45, 2.75) is 0 Å². The molecule has 0 saturated carbocycles.